The quantitative estimate of drug-likeness (QED) is 0.909. The van der Waals surface area contributed by atoms with Crippen LogP contribution in [0.4, 0.5) is 5.82 Å². The number of para-hydroxylation sites is 1. The molecular formula is C12H14ClN3O. The normalized spacial score (nSPS) is 10.5. The summed E-state index contributed by atoms with van der Waals surface area (Å²) in [6.45, 7) is 3.14. The molecule has 0 radical (unpaired) electrons. The monoisotopic (exact) mass is 251 g/mol. The summed E-state index contributed by atoms with van der Waals surface area (Å²) in [5.74, 6) is 2.09. The molecule has 0 bridgehead atoms. The average molecular weight is 252 g/mol. The Hall–Kier alpha value is -1.68. The maximum Gasteiger partial charge on any atom is 0.148 e. The Kier molecular flexibility index (Phi) is 3.54. The van der Waals surface area contributed by atoms with Gasteiger partial charge in [0.2, 0.25) is 0 Å². The topological polar surface area (TPSA) is 53.1 Å². The summed E-state index contributed by atoms with van der Waals surface area (Å²) in [5, 5.41) is 0.593. The number of benzene rings is 1. The summed E-state index contributed by atoms with van der Waals surface area (Å²) in [4.78, 5) is 4.20. The van der Waals surface area contributed by atoms with Crippen LogP contribution in [-0.2, 0) is 13.2 Å². The number of hydrogen-bond acceptors (Lipinski definition) is 3. The molecule has 0 amide bonds. The van der Waals surface area contributed by atoms with Crippen molar-refractivity contribution in [1.29, 1.82) is 0 Å². The van der Waals surface area contributed by atoms with Crippen molar-refractivity contribution < 1.29 is 4.74 Å². The van der Waals surface area contributed by atoms with Gasteiger partial charge in [0.1, 0.15) is 24.0 Å². The molecule has 17 heavy (non-hydrogen) atoms. The number of anilines is 1. The van der Waals surface area contributed by atoms with E-state index in [0.29, 0.717) is 23.2 Å². The van der Waals surface area contributed by atoms with Gasteiger partial charge in [0.25, 0.3) is 0 Å². The number of nitrogen functional groups attached to an aromatic ring is 1. The molecule has 1 aromatic heterocycles. The Morgan fingerprint density at radius 1 is 1.41 bits per heavy atom. The molecule has 2 N–H and O–H groups in total. The fourth-order valence-electron chi connectivity index (χ4n) is 1.61. The van der Waals surface area contributed by atoms with E-state index < -0.39 is 0 Å². The molecule has 4 nitrogen and oxygen atoms in total. The third-order valence-corrected chi connectivity index (χ3v) is 2.79. The fraction of sp³-hybridized carbons (Fsp3) is 0.250. The highest BCUT2D eigenvalue weighted by atomic mass is 35.5. The number of ether oxygens (including phenoxy) is 1. The number of imidazole rings is 1. The molecule has 1 heterocycles. The minimum Gasteiger partial charge on any atom is -0.484 e. The number of nitrogens with zero attached hydrogens (tertiary/aromatic N) is 2. The Balaban J connectivity index is 2.10. The number of rotatable bonds is 4. The van der Waals surface area contributed by atoms with Gasteiger partial charge in [-0.2, -0.15) is 0 Å². The fourth-order valence-corrected chi connectivity index (χ4v) is 1.80. The molecule has 0 atom stereocenters. The Morgan fingerprint density at radius 2 is 2.18 bits per heavy atom. The maximum absolute atomic E-state index is 5.99. The Bertz CT molecular complexity index is 510. The minimum atomic E-state index is 0.356. The van der Waals surface area contributed by atoms with Gasteiger partial charge in [-0.25, -0.2) is 4.98 Å². The molecule has 0 saturated heterocycles. The molecule has 0 fully saturated rings. The van der Waals surface area contributed by atoms with Crippen molar-refractivity contribution in [3.05, 3.63) is 41.3 Å². The van der Waals surface area contributed by atoms with Crippen molar-refractivity contribution in [2.45, 2.75) is 20.1 Å². The Labute approximate surface area is 105 Å². The van der Waals surface area contributed by atoms with Crippen LogP contribution in [0.3, 0.4) is 0 Å². The lowest BCUT2D eigenvalue weighted by Gasteiger charge is -2.09. The lowest BCUT2D eigenvalue weighted by atomic mass is 10.3. The number of nitrogens with two attached hydrogens (primary N) is 1. The highest BCUT2D eigenvalue weighted by Crippen LogP contribution is 2.24. The summed E-state index contributed by atoms with van der Waals surface area (Å²) in [7, 11) is 0. The van der Waals surface area contributed by atoms with Crippen LogP contribution in [0.15, 0.2) is 30.5 Å². The lowest BCUT2D eigenvalue weighted by molar-refractivity contribution is 0.290. The second-order valence-electron chi connectivity index (χ2n) is 3.56. The molecule has 5 heteroatoms. The first-order chi connectivity index (χ1) is 8.22. The van der Waals surface area contributed by atoms with E-state index in [0.717, 1.165) is 12.4 Å². The van der Waals surface area contributed by atoms with E-state index >= 15 is 0 Å². The maximum atomic E-state index is 5.99. The van der Waals surface area contributed by atoms with Crippen LogP contribution >= 0.6 is 11.6 Å². The summed E-state index contributed by atoms with van der Waals surface area (Å²) in [6.07, 6.45) is 1.63. The van der Waals surface area contributed by atoms with E-state index in [9.17, 15) is 0 Å². The molecule has 0 aliphatic heterocycles. The van der Waals surface area contributed by atoms with Gasteiger partial charge in [0.15, 0.2) is 0 Å². The SMILES string of the molecule is CCn1c(N)cnc1COc1ccccc1Cl. The van der Waals surface area contributed by atoms with Crippen molar-refractivity contribution in [1.82, 2.24) is 9.55 Å². The van der Waals surface area contributed by atoms with Crippen molar-refractivity contribution in [3.63, 3.8) is 0 Å². The van der Waals surface area contributed by atoms with E-state index in [-0.39, 0.29) is 0 Å². The van der Waals surface area contributed by atoms with Crippen LogP contribution in [-0.4, -0.2) is 9.55 Å². The molecule has 2 aromatic rings. The van der Waals surface area contributed by atoms with Gasteiger partial charge < -0.3 is 15.0 Å². The average Bonchev–Trinajstić information content (AvgIpc) is 2.69. The van der Waals surface area contributed by atoms with Gasteiger partial charge >= 0.3 is 0 Å². The molecule has 2 rings (SSSR count). The van der Waals surface area contributed by atoms with Crippen LogP contribution in [0.2, 0.25) is 5.02 Å². The Morgan fingerprint density at radius 3 is 2.88 bits per heavy atom. The van der Waals surface area contributed by atoms with Crippen LogP contribution in [0, 0.1) is 0 Å². The molecule has 0 spiro atoms. The third kappa shape index (κ3) is 2.53. The van der Waals surface area contributed by atoms with E-state index in [1.807, 2.05) is 29.7 Å². The standard InChI is InChI=1S/C12H14ClN3O/c1-2-16-11(14)7-15-12(16)8-17-10-6-4-3-5-9(10)13/h3-7H,2,8,14H2,1H3. The first-order valence-electron chi connectivity index (χ1n) is 5.39. The van der Waals surface area contributed by atoms with Crippen molar-refractivity contribution in [2.75, 3.05) is 5.73 Å². The first-order valence-corrected chi connectivity index (χ1v) is 5.77. The van der Waals surface area contributed by atoms with E-state index in [2.05, 4.69) is 4.98 Å². The van der Waals surface area contributed by atoms with Crippen molar-refractivity contribution in [2.24, 2.45) is 0 Å². The second-order valence-corrected chi connectivity index (χ2v) is 3.97. The van der Waals surface area contributed by atoms with E-state index in [4.69, 9.17) is 22.1 Å². The number of aromatic nitrogens is 2. The van der Waals surface area contributed by atoms with Crippen molar-refractivity contribution >= 4 is 17.4 Å². The third-order valence-electron chi connectivity index (χ3n) is 2.48. The molecular weight excluding hydrogens is 238 g/mol. The van der Waals surface area contributed by atoms with Gasteiger partial charge in [-0.1, -0.05) is 23.7 Å². The van der Waals surface area contributed by atoms with Gasteiger partial charge in [-0.15, -0.1) is 0 Å². The second kappa shape index (κ2) is 5.10. The minimum absolute atomic E-state index is 0.356. The van der Waals surface area contributed by atoms with Crippen LogP contribution in [0.1, 0.15) is 12.7 Å². The largest absolute Gasteiger partial charge is 0.484 e. The molecule has 0 aliphatic rings. The van der Waals surface area contributed by atoms with E-state index in [1.54, 1.807) is 12.3 Å². The summed E-state index contributed by atoms with van der Waals surface area (Å²) < 4.78 is 7.51. The van der Waals surface area contributed by atoms with Gasteiger partial charge in [-0.05, 0) is 19.1 Å². The molecule has 0 saturated carbocycles. The molecule has 0 unspecified atom stereocenters. The predicted molar refractivity (Wildman–Crippen MR) is 68.1 cm³/mol. The van der Waals surface area contributed by atoms with Gasteiger partial charge in [0.05, 0.1) is 11.2 Å². The first kappa shape index (κ1) is 11.8. The highest BCUT2D eigenvalue weighted by molar-refractivity contribution is 6.32. The predicted octanol–water partition coefficient (Wildman–Crippen LogP) is 2.72. The zero-order chi connectivity index (χ0) is 12.3. The molecule has 0 aliphatic carbocycles. The van der Waals surface area contributed by atoms with Crippen LogP contribution in [0.5, 0.6) is 5.75 Å². The summed E-state index contributed by atoms with van der Waals surface area (Å²) in [5.41, 5.74) is 5.77. The summed E-state index contributed by atoms with van der Waals surface area (Å²) in [6, 6.07) is 7.35. The highest BCUT2D eigenvalue weighted by Gasteiger charge is 2.07. The van der Waals surface area contributed by atoms with E-state index in [1.165, 1.54) is 0 Å². The van der Waals surface area contributed by atoms with Gasteiger partial charge in [0, 0.05) is 6.54 Å². The van der Waals surface area contributed by atoms with Gasteiger partial charge in [-0.3, -0.25) is 0 Å². The summed E-state index contributed by atoms with van der Waals surface area (Å²) >= 11 is 5.99. The van der Waals surface area contributed by atoms with Crippen molar-refractivity contribution in [3.8, 4) is 5.75 Å². The number of hydrogen-bond donors (Lipinski definition) is 1. The number of halogens is 1. The lowest BCUT2D eigenvalue weighted by Crippen LogP contribution is -2.08. The zero-order valence-electron chi connectivity index (χ0n) is 9.56. The molecule has 1 aromatic carbocycles. The molecule has 90 valence electrons. The smallest absolute Gasteiger partial charge is 0.148 e. The van der Waals surface area contributed by atoms with Crippen LogP contribution < -0.4 is 10.5 Å². The van der Waals surface area contributed by atoms with Crippen LogP contribution in [0.25, 0.3) is 0 Å². The zero-order valence-corrected chi connectivity index (χ0v) is 10.3.